The Labute approximate surface area is 80.8 Å². The van der Waals surface area contributed by atoms with E-state index in [9.17, 15) is 0 Å². The highest BCUT2D eigenvalue weighted by Crippen LogP contribution is 2.19. The normalized spacial score (nSPS) is 29.2. The highest BCUT2D eigenvalue weighted by Gasteiger charge is 2.20. The van der Waals surface area contributed by atoms with E-state index in [0.29, 0.717) is 13.0 Å². The summed E-state index contributed by atoms with van der Waals surface area (Å²) >= 11 is 0. The summed E-state index contributed by atoms with van der Waals surface area (Å²) in [5.41, 5.74) is 5.98. The van der Waals surface area contributed by atoms with Gasteiger partial charge in [0.15, 0.2) is 0 Å². The van der Waals surface area contributed by atoms with Crippen molar-refractivity contribution in [3.05, 3.63) is 0 Å². The van der Waals surface area contributed by atoms with E-state index < -0.39 is 0 Å². The summed E-state index contributed by atoms with van der Waals surface area (Å²) in [5, 5.41) is 0. The van der Waals surface area contributed by atoms with Gasteiger partial charge in [0.1, 0.15) is 0 Å². The number of ether oxygens (including phenoxy) is 1. The molecule has 0 aliphatic heterocycles. The van der Waals surface area contributed by atoms with Gasteiger partial charge in [-0.15, -0.1) is 12.3 Å². The lowest BCUT2D eigenvalue weighted by Crippen LogP contribution is -2.35. The Morgan fingerprint density at radius 2 is 2.08 bits per heavy atom. The second kappa shape index (κ2) is 6.01. The van der Waals surface area contributed by atoms with Crippen LogP contribution < -0.4 is 5.73 Å². The molecule has 0 radical (unpaired) electrons. The molecule has 2 atom stereocenters. The molecule has 0 heterocycles. The fourth-order valence-corrected chi connectivity index (χ4v) is 1.78. The van der Waals surface area contributed by atoms with E-state index in [-0.39, 0.29) is 12.1 Å². The quantitative estimate of drug-likeness (QED) is 0.408. The first-order chi connectivity index (χ1) is 6.34. The Kier molecular flexibility index (Phi) is 4.88. The van der Waals surface area contributed by atoms with Crippen LogP contribution in [0.4, 0.5) is 0 Å². The van der Waals surface area contributed by atoms with Crippen molar-refractivity contribution in [1.82, 2.24) is 0 Å². The highest BCUT2D eigenvalue weighted by atomic mass is 16.5. The average Bonchev–Trinajstić information content (AvgIpc) is 2.32. The topological polar surface area (TPSA) is 35.2 Å². The molecule has 2 nitrogen and oxygen atoms in total. The monoisotopic (exact) mass is 181 g/mol. The molecule has 2 N–H and O–H groups in total. The molecule has 74 valence electrons. The molecule has 0 aromatic carbocycles. The van der Waals surface area contributed by atoms with E-state index in [2.05, 4.69) is 5.92 Å². The van der Waals surface area contributed by atoms with Crippen molar-refractivity contribution >= 4 is 0 Å². The maximum atomic E-state index is 5.98. The van der Waals surface area contributed by atoms with Gasteiger partial charge in [0, 0.05) is 12.5 Å². The highest BCUT2D eigenvalue weighted by molar-refractivity contribution is 4.84. The third-order valence-corrected chi connectivity index (χ3v) is 2.58. The van der Waals surface area contributed by atoms with Crippen LogP contribution in [0.5, 0.6) is 0 Å². The van der Waals surface area contributed by atoms with Crippen molar-refractivity contribution in [1.29, 1.82) is 0 Å². The minimum Gasteiger partial charge on any atom is -0.376 e. The van der Waals surface area contributed by atoms with Gasteiger partial charge >= 0.3 is 0 Å². The SMILES string of the molecule is C#CCCOC1CCCCCC1N. The first-order valence-electron chi connectivity index (χ1n) is 5.15. The summed E-state index contributed by atoms with van der Waals surface area (Å²) in [6.07, 6.45) is 12.1. The Bertz CT molecular complexity index is 173. The number of hydrogen-bond donors (Lipinski definition) is 1. The lowest BCUT2D eigenvalue weighted by atomic mass is 10.1. The molecule has 0 aromatic heterocycles. The Morgan fingerprint density at radius 3 is 2.85 bits per heavy atom. The van der Waals surface area contributed by atoms with Gasteiger partial charge < -0.3 is 10.5 Å². The molecule has 0 amide bonds. The number of hydrogen-bond acceptors (Lipinski definition) is 2. The average molecular weight is 181 g/mol. The van der Waals surface area contributed by atoms with Gasteiger partial charge in [0.05, 0.1) is 12.7 Å². The third-order valence-electron chi connectivity index (χ3n) is 2.58. The number of terminal acetylenes is 1. The summed E-state index contributed by atoms with van der Waals surface area (Å²) < 4.78 is 5.65. The zero-order valence-corrected chi connectivity index (χ0v) is 8.17. The van der Waals surface area contributed by atoms with Crippen molar-refractivity contribution in [2.45, 2.75) is 50.7 Å². The van der Waals surface area contributed by atoms with Gasteiger partial charge in [-0.05, 0) is 12.8 Å². The minimum absolute atomic E-state index is 0.222. The number of nitrogens with two attached hydrogens (primary N) is 1. The van der Waals surface area contributed by atoms with Crippen molar-refractivity contribution < 1.29 is 4.74 Å². The first kappa shape index (κ1) is 10.6. The van der Waals surface area contributed by atoms with Gasteiger partial charge in [0.2, 0.25) is 0 Å². The van der Waals surface area contributed by atoms with E-state index in [0.717, 1.165) is 12.8 Å². The van der Waals surface area contributed by atoms with E-state index in [1.54, 1.807) is 0 Å². The summed E-state index contributed by atoms with van der Waals surface area (Å²) in [6, 6.07) is 0.222. The summed E-state index contributed by atoms with van der Waals surface area (Å²) in [5.74, 6) is 2.57. The Hall–Kier alpha value is -0.520. The second-order valence-corrected chi connectivity index (χ2v) is 3.67. The molecular formula is C11H19NO. The molecule has 1 fully saturated rings. The zero-order valence-electron chi connectivity index (χ0n) is 8.17. The number of rotatable bonds is 3. The smallest absolute Gasteiger partial charge is 0.0726 e. The predicted octanol–water partition coefficient (Wildman–Crippen LogP) is 1.69. The van der Waals surface area contributed by atoms with Crippen LogP contribution in [0.1, 0.15) is 38.5 Å². The van der Waals surface area contributed by atoms with E-state index in [4.69, 9.17) is 16.9 Å². The molecule has 1 aliphatic rings. The summed E-state index contributed by atoms with van der Waals surface area (Å²) in [7, 11) is 0. The molecule has 0 bridgehead atoms. The fraction of sp³-hybridized carbons (Fsp3) is 0.818. The van der Waals surface area contributed by atoms with Gasteiger partial charge in [-0.25, -0.2) is 0 Å². The van der Waals surface area contributed by atoms with Crippen LogP contribution in [0.25, 0.3) is 0 Å². The maximum absolute atomic E-state index is 5.98. The van der Waals surface area contributed by atoms with Crippen molar-refractivity contribution in [3.63, 3.8) is 0 Å². The van der Waals surface area contributed by atoms with Crippen molar-refractivity contribution in [2.75, 3.05) is 6.61 Å². The van der Waals surface area contributed by atoms with E-state index in [1.807, 2.05) is 0 Å². The van der Waals surface area contributed by atoms with Gasteiger partial charge in [-0.1, -0.05) is 19.3 Å². The fourth-order valence-electron chi connectivity index (χ4n) is 1.78. The summed E-state index contributed by atoms with van der Waals surface area (Å²) in [6.45, 7) is 0.662. The van der Waals surface area contributed by atoms with Crippen LogP contribution >= 0.6 is 0 Å². The predicted molar refractivity (Wildman–Crippen MR) is 54.3 cm³/mol. The van der Waals surface area contributed by atoms with Crippen LogP contribution in [0.2, 0.25) is 0 Å². The Morgan fingerprint density at radius 1 is 1.31 bits per heavy atom. The van der Waals surface area contributed by atoms with Crippen molar-refractivity contribution in [2.24, 2.45) is 5.73 Å². The van der Waals surface area contributed by atoms with E-state index >= 15 is 0 Å². The van der Waals surface area contributed by atoms with E-state index in [1.165, 1.54) is 19.3 Å². The van der Waals surface area contributed by atoms with Gasteiger partial charge in [-0.3, -0.25) is 0 Å². The van der Waals surface area contributed by atoms with Crippen LogP contribution in [-0.4, -0.2) is 18.8 Å². The summed E-state index contributed by atoms with van der Waals surface area (Å²) in [4.78, 5) is 0. The molecule has 2 unspecified atom stereocenters. The van der Waals surface area contributed by atoms with Crippen molar-refractivity contribution in [3.8, 4) is 12.3 Å². The maximum Gasteiger partial charge on any atom is 0.0726 e. The van der Waals surface area contributed by atoms with Crippen LogP contribution in [0, 0.1) is 12.3 Å². The largest absolute Gasteiger partial charge is 0.376 e. The molecule has 1 aliphatic carbocycles. The van der Waals surface area contributed by atoms with Gasteiger partial charge in [-0.2, -0.15) is 0 Å². The molecule has 0 aromatic rings. The third kappa shape index (κ3) is 3.80. The molecule has 1 rings (SSSR count). The zero-order chi connectivity index (χ0) is 9.52. The second-order valence-electron chi connectivity index (χ2n) is 3.67. The van der Waals surface area contributed by atoms with Crippen LogP contribution in [-0.2, 0) is 4.74 Å². The Balaban J connectivity index is 2.24. The van der Waals surface area contributed by atoms with Gasteiger partial charge in [0.25, 0.3) is 0 Å². The minimum atomic E-state index is 0.222. The standard InChI is InChI=1S/C11H19NO/c1-2-3-9-13-11-8-6-4-5-7-10(11)12/h1,10-11H,3-9,12H2. The lowest BCUT2D eigenvalue weighted by molar-refractivity contribution is 0.0349. The molecule has 13 heavy (non-hydrogen) atoms. The molecular weight excluding hydrogens is 162 g/mol. The molecule has 2 heteroatoms. The molecule has 1 saturated carbocycles. The molecule has 0 saturated heterocycles. The molecule has 0 spiro atoms. The first-order valence-corrected chi connectivity index (χ1v) is 5.15. The van der Waals surface area contributed by atoms with Crippen LogP contribution in [0.15, 0.2) is 0 Å². The van der Waals surface area contributed by atoms with Crippen LogP contribution in [0.3, 0.4) is 0 Å². The lowest BCUT2D eigenvalue weighted by Gasteiger charge is -2.21.